The van der Waals surface area contributed by atoms with Gasteiger partial charge in [-0.05, 0) is 18.4 Å². The first-order chi connectivity index (χ1) is 12.2. The van der Waals surface area contributed by atoms with E-state index in [-0.39, 0.29) is 17.7 Å². The highest BCUT2D eigenvalue weighted by atomic mass is 16.5. The Balaban J connectivity index is 1.42. The highest BCUT2D eigenvalue weighted by Gasteiger charge is 2.35. The van der Waals surface area contributed by atoms with Crippen molar-refractivity contribution < 1.29 is 9.53 Å². The van der Waals surface area contributed by atoms with Crippen LogP contribution in [0.2, 0.25) is 0 Å². The fourth-order valence-corrected chi connectivity index (χ4v) is 3.77. The summed E-state index contributed by atoms with van der Waals surface area (Å²) in [5.74, 6) is 1.06. The van der Waals surface area contributed by atoms with Gasteiger partial charge < -0.3 is 15.4 Å². The summed E-state index contributed by atoms with van der Waals surface area (Å²) in [7, 11) is 1.89. The lowest BCUT2D eigenvalue weighted by atomic mass is 9.90. The summed E-state index contributed by atoms with van der Waals surface area (Å²) in [6, 6.07) is 1.95. The monoisotopic (exact) mass is 344 g/mol. The number of ether oxygens (including phenoxy) is 1. The van der Waals surface area contributed by atoms with Crippen LogP contribution in [0.5, 0.6) is 0 Å². The third kappa shape index (κ3) is 3.45. The maximum atomic E-state index is 12.7. The molecule has 0 bridgehead atoms. The number of carbonyl (C=O) groups excluding carboxylic acids is 1. The Morgan fingerprint density at radius 1 is 1.36 bits per heavy atom. The molecule has 8 nitrogen and oxygen atoms in total. The van der Waals surface area contributed by atoms with Gasteiger partial charge in [-0.1, -0.05) is 0 Å². The van der Waals surface area contributed by atoms with E-state index in [4.69, 9.17) is 4.74 Å². The smallest absolute Gasteiger partial charge is 0.230 e. The number of aryl methyl sites for hydroxylation is 1. The minimum atomic E-state index is -0.118. The van der Waals surface area contributed by atoms with E-state index in [0.29, 0.717) is 18.3 Å². The van der Waals surface area contributed by atoms with E-state index in [1.807, 2.05) is 25.5 Å². The normalized spacial score (nSPS) is 24.5. The van der Waals surface area contributed by atoms with Gasteiger partial charge >= 0.3 is 0 Å². The third-order valence-corrected chi connectivity index (χ3v) is 5.21. The van der Waals surface area contributed by atoms with Gasteiger partial charge in [0.2, 0.25) is 5.91 Å². The number of amides is 1. The van der Waals surface area contributed by atoms with Crippen molar-refractivity contribution in [3.8, 4) is 0 Å². The first-order valence-corrected chi connectivity index (χ1v) is 8.84. The lowest BCUT2D eigenvalue weighted by Gasteiger charge is -2.20. The van der Waals surface area contributed by atoms with Crippen LogP contribution in [0.25, 0.3) is 0 Å². The van der Waals surface area contributed by atoms with Crippen molar-refractivity contribution in [3.05, 3.63) is 29.7 Å². The lowest BCUT2D eigenvalue weighted by molar-refractivity contribution is -0.119. The summed E-state index contributed by atoms with van der Waals surface area (Å²) >= 11 is 0. The molecule has 1 amide bonds. The molecule has 4 heterocycles. The lowest BCUT2D eigenvalue weighted by Crippen LogP contribution is -2.28. The highest BCUT2D eigenvalue weighted by molar-refractivity contribution is 5.92. The zero-order valence-corrected chi connectivity index (χ0v) is 14.4. The predicted octanol–water partition coefficient (Wildman–Crippen LogP) is 0.979. The molecule has 0 spiro atoms. The second kappa shape index (κ2) is 6.97. The minimum Gasteiger partial charge on any atom is -0.381 e. The van der Waals surface area contributed by atoms with Gasteiger partial charge in [-0.15, -0.1) is 0 Å². The van der Waals surface area contributed by atoms with Crippen LogP contribution in [0, 0.1) is 5.92 Å². The van der Waals surface area contributed by atoms with Crippen molar-refractivity contribution in [3.63, 3.8) is 0 Å². The van der Waals surface area contributed by atoms with Crippen molar-refractivity contribution in [1.29, 1.82) is 0 Å². The van der Waals surface area contributed by atoms with Crippen LogP contribution < -0.4 is 10.6 Å². The Labute approximate surface area is 146 Å². The van der Waals surface area contributed by atoms with E-state index >= 15 is 0 Å². The second-order valence-corrected chi connectivity index (χ2v) is 6.90. The van der Waals surface area contributed by atoms with E-state index < -0.39 is 0 Å². The van der Waals surface area contributed by atoms with Gasteiger partial charge in [0.15, 0.2) is 5.82 Å². The van der Waals surface area contributed by atoms with Crippen LogP contribution >= 0.6 is 0 Å². The molecule has 8 heteroatoms. The number of nitrogens with zero attached hydrogens (tertiary/aromatic N) is 3. The molecule has 4 rings (SSSR count). The zero-order valence-electron chi connectivity index (χ0n) is 14.4. The summed E-state index contributed by atoms with van der Waals surface area (Å²) in [5, 5.41) is 17.8. The molecule has 0 aliphatic carbocycles. The largest absolute Gasteiger partial charge is 0.381 e. The second-order valence-electron chi connectivity index (χ2n) is 6.90. The molecule has 0 radical (unpaired) electrons. The van der Waals surface area contributed by atoms with Crippen molar-refractivity contribution in [2.45, 2.75) is 24.7 Å². The number of hydrogen-bond acceptors (Lipinski definition) is 5. The van der Waals surface area contributed by atoms with E-state index in [2.05, 4.69) is 25.9 Å². The van der Waals surface area contributed by atoms with Crippen LogP contribution in [0.1, 0.15) is 35.9 Å². The molecule has 2 saturated heterocycles. The number of aromatic nitrogens is 4. The average Bonchev–Trinajstić information content (AvgIpc) is 3.35. The Kier molecular flexibility index (Phi) is 4.54. The highest BCUT2D eigenvalue weighted by Crippen LogP contribution is 2.30. The van der Waals surface area contributed by atoms with Gasteiger partial charge in [-0.3, -0.25) is 14.6 Å². The van der Waals surface area contributed by atoms with E-state index in [1.54, 1.807) is 4.68 Å². The van der Waals surface area contributed by atoms with Gasteiger partial charge in [0.05, 0.1) is 12.1 Å². The van der Waals surface area contributed by atoms with Gasteiger partial charge in [-0.25, -0.2) is 0 Å². The number of anilines is 1. The molecular weight excluding hydrogens is 320 g/mol. The quantitative estimate of drug-likeness (QED) is 0.768. The maximum Gasteiger partial charge on any atom is 0.230 e. The zero-order chi connectivity index (χ0) is 17.2. The van der Waals surface area contributed by atoms with Gasteiger partial charge in [0, 0.05) is 63.1 Å². The predicted molar refractivity (Wildman–Crippen MR) is 92.3 cm³/mol. The summed E-state index contributed by atoms with van der Waals surface area (Å²) in [4.78, 5) is 12.7. The molecule has 3 N–H and O–H groups in total. The Bertz CT molecular complexity index is 733. The van der Waals surface area contributed by atoms with E-state index in [0.717, 1.165) is 43.9 Å². The van der Waals surface area contributed by atoms with Crippen molar-refractivity contribution in [2.24, 2.45) is 13.0 Å². The van der Waals surface area contributed by atoms with E-state index in [9.17, 15) is 4.79 Å². The van der Waals surface area contributed by atoms with Crippen LogP contribution in [-0.4, -0.2) is 52.2 Å². The Hall–Kier alpha value is -2.19. The van der Waals surface area contributed by atoms with Crippen molar-refractivity contribution in [2.75, 3.05) is 31.6 Å². The number of aromatic amines is 1. The molecule has 134 valence electrons. The number of hydrogen-bond donors (Lipinski definition) is 3. The van der Waals surface area contributed by atoms with Crippen LogP contribution in [0.15, 0.2) is 18.5 Å². The minimum absolute atomic E-state index is 0.00359. The first kappa shape index (κ1) is 16.3. The molecule has 0 aromatic carbocycles. The Morgan fingerprint density at radius 2 is 2.20 bits per heavy atom. The average molecular weight is 344 g/mol. The first-order valence-electron chi connectivity index (χ1n) is 8.84. The van der Waals surface area contributed by atoms with Crippen LogP contribution in [0.4, 0.5) is 5.82 Å². The summed E-state index contributed by atoms with van der Waals surface area (Å²) in [5.41, 5.74) is 2.17. The number of carbonyl (C=O) groups is 1. The number of H-pyrrole nitrogens is 1. The number of nitrogens with one attached hydrogen (secondary N) is 3. The third-order valence-electron chi connectivity index (χ3n) is 5.21. The summed E-state index contributed by atoms with van der Waals surface area (Å²) in [6.07, 6.45) is 5.81. The molecule has 0 unspecified atom stereocenters. The van der Waals surface area contributed by atoms with Gasteiger partial charge in [-0.2, -0.15) is 10.2 Å². The van der Waals surface area contributed by atoms with Crippen molar-refractivity contribution in [1.82, 2.24) is 25.3 Å². The van der Waals surface area contributed by atoms with Crippen molar-refractivity contribution >= 4 is 11.7 Å². The molecular formula is C17H24N6O2. The topological polar surface area (TPSA) is 96.9 Å². The molecule has 2 fully saturated rings. The van der Waals surface area contributed by atoms with Gasteiger partial charge in [0.25, 0.3) is 0 Å². The SMILES string of the molecule is Cn1cc([C@H]2CNC[C@@H]2C(=O)Nc2cc(C3CCOCC3)[nH]n2)cn1. The van der Waals surface area contributed by atoms with Crippen LogP contribution in [-0.2, 0) is 16.6 Å². The van der Waals surface area contributed by atoms with Crippen LogP contribution in [0.3, 0.4) is 0 Å². The molecule has 2 aromatic rings. The fraction of sp³-hybridized carbons (Fsp3) is 0.588. The standard InChI is InChI=1S/C17H24N6O2/c1-23-10-12(7-19-23)13-8-18-9-14(13)17(24)20-16-6-15(21-22-16)11-2-4-25-5-3-11/h6-7,10-11,13-14,18H,2-5,8-9H2,1H3,(H2,20,21,22,24)/t13-,14+/m1/s1. The number of rotatable bonds is 4. The Morgan fingerprint density at radius 3 is 2.96 bits per heavy atom. The maximum absolute atomic E-state index is 12.7. The molecule has 0 saturated carbocycles. The van der Waals surface area contributed by atoms with Gasteiger partial charge in [0.1, 0.15) is 0 Å². The molecule has 2 aliphatic rings. The molecule has 2 atom stereocenters. The molecule has 25 heavy (non-hydrogen) atoms. The fourth-order valence-electron chi connectivity index (χ4n) is 3.77. The van der Waals surface area contributed by atoms with E-state index in [1.165, 1.54) is 0 Å². The molecule has 2 aliphatic heterocycles. The summed E-state index contributed by atoms with van der Waals surface area (Å²) in [6.45, 7) is 3.03. The molecule has 2 aromatic heterocycles. The summed E-state index contributed by atoms with van der Waals surface area (Å²) < 4.78 is 7.17.